The standard InChI is InChI=1S/C15H17BrN4O/c1-8-4-2-3-5-11(8)20-13-10(19-15(20)21)7-18-14-12(13)9(16)6-17-14/h6-8,11H,2-5H2,1H3,(H,17,18)(H,19,21)/t8-,11+/m1/s1. The third-order valence-electron chi connectivity index (χ3n) is 4.73. The average molecular weight is 349 g/mol. The Bertz CT molecular complexity index is 875. The van der Waals surface area contributed by atoms with Crippen molar-refractivity contribution in [3.63, 3.8) is 0 Å². The van der Waals surface area contributed by atoms with Gasteiger partial charge in [-0.3, -0.25) is 4.57 Å². The molecule has 0 saturated heterocycles. The molecule has 2 N–H and O–H groups in total. The highest BCUT2D eigenvalue weighted by Gasteiger charge is 2.27. The summed E-state index contributed by atoms with van der Waals surface area (Å²) in [6.07, 6.45) is 8.33. The molecule has 3 aromatic rings. The number of nitrogens with one attached hydrogen (secondary N) is 2. The highest BCUT2D eigenvalue weighted by atomic mass is 79.9. The van der Waals surface area contributed by atoms with Crippen LogP contribution in [-0.2, 0) is 0 Å². The number of hydrogen-bond donors (Lipinski definition) is 2. The van der Waals surface area contributed by atoms with Crippen LogP contribution in [0.2, 0.25) is 0 Å². The maximum absolute atomic E-state index is 12.5. The van der Waals surface area contributed by atoms with Gasteiger partial charge in [0.1, 0.15) is 5.65 Å². The van der Waals surface area contributed by atoms with Gasteiger partial charge in [0.05, 0.1) is 22.6 Å². The molecule has 1 fully saturated rings. The molecule has 0 aromatic carbocycles. The highest BCUT2D eigenvalue weighted by Crippen LogP contribution is 2.37. The molecular weight excluding hydrogens is 332 g/mol. The fraction of sp³-hybridized carbons (Fsp3) is 0.467. The number of pyridine rings is 1. The van der Waals surface area contributed by atoms with Crippen molar-refractivity contribution >= 4 is 38.0 Å². The maximum atomic E-state index is 12.5. The topological polar surface area (TPSA) is 66.5 Å². The van der Waals surface area contributed by atoms with E-state index in [2.05, 4.69) is 37.8 Å². The van der Waals surface area contributed by atoms with E-state index in [-0.39, 0.29) is 11.7 Å². The van der Waals surface area contributed by atoms with Crippen LogP contribution in [0.25, 0.3) is 22.1 Å². The number of hydrogen-bond acceptors (Lipinski definition) is 2. The first kappa shape index (κ1) is 13.1. The summed E-state index contributed by atoms with van der Waals surface area (Å²) in [5.74, 6) is 0.524. The van der Waals surface area contributed by atoms with Gasteiger partial charge < -0.3 is 9.97 Å². The van der Waals surface area contributed by atoms with E-state index in [0.29, 0.717) is 5.92 Å². The Labute approximate surface area is 129 Å². The van der Waals surface area contributed by atoms with Crippen LogP contribution in [0.1, 0.15) is 38.6 Å². The highest BCUT2D eigenvalue weighted by molar-refractivity contribution is 9.10. The molecule has 0 unspecified atom stereocenters. The minimum absolute atomic E-state index is 0.0221. The van der Waals surface area contributed by atoms with Gasteiger partial charge in [-0.2, -0.15) is 0 Å². The smallest absolute Gasteiger partial charge is 0.326 e. The first-order valence-electron chi connectivity index (χ1n) is 7.42. The third-order valence-corrected chi connectivity index (χ3v) is 5.35. The van der Waals surface area contributed by atoms with Crippen LogP contribution in [0.15, 0.2) is 21.7 Å². The van der Waals surface area contributed by atoms with Gasteiger partial charge in [-0.25, -0.2) is 9.78 Å². The zero-order chi connectivity index (χ0) is 14.6. The summed E-state index contributed by atoms with van der Waals surface area (Å²) in [6.45, 7) is 2.25. The van der Waals surface area contributed by atoms with E-state index < -0.39 is 0 Å². The van der Waals surface area contributed by atoms with E-state index in [4.69, 9.17) is 0 Å². The minimum Gasteiger partial charge on any atom is -0.345 e. The summed E-state index contributed by atoms with van der Waals surface area (Å²) in [6, 6.07) is 0.271. The van der Waals surface area contributed by atoms with Crippen LogP contribution >= 0.6 is 15.9 Å². The van der Waals surface area contributed by atoms with Crippen molar-refractivity contribution < 1.29 is 0 Å². The summed E-state index contributed by atoms with van der Waals surface area (Å²) in [5.41, 5.74) is 2.57. The molecule has 21 heavy (non-hydrogen) atoms. The van der Waals surface area contributed by atoms with Crippen molar-refractivity contribution in [2.45, 2.75) is 38.6 Å². The number of fused-ring (bicyclic) bond motifs is 3. The number of aromatic nitrogens is 4. The Morgan fingerprint density at radius 2 is 2.19 bits per heavy atom. The molecule has 0 radical (unpaired) electrons. The first-order valence-corrected chi connectivity index (χ1v) is 8.22. The minimum atomic E-state index is -0.0221. The largest absolute Gasteiger partial charge is 0.345 e. The van der Waals surface area contributed by atoms with Crippen molar-refractivity contribution in [3.8, 4) is 0 Å². The molecule has 4 rings (SSSR count). The number of nitrogens with zero attached hydrogens (tertiary/aromatic N) is 2. The van der Waals surface area contributed by atoms with Crippen molar-refractivity contribution in [3.05, 3.63) is 27.4 Å². The lowest BCUT2D eigenvalue weighted by atomic mass is 9.85. The van der Waals surface area contributed by atoms with Crippen molar-refractivity contribution in [1.82, 2.24) is 19.5 Å². The van der Waals surface area contributed by atoms with Gasteiger partial charge in [-0.1, -0.05) is 19.8 Å². The second-order valence-electron chi connectivity index (χ2n) is 6.01. The molecule has 0 bridgehead atoms. The zero-order valence-electron chi connectivity index (χ0n) is 11.8. The third kappa shape index (κ3) is 1.88. The number of rotatable bonds is 1. The molecule has 110 valence electrons. The molecule has 1 saturated carbocycles. The van der Waals surface area contributed by atoms with Crippen molar-refractivity contribution in [1.29, 1.82) is 0 Å². The molecule has 1 aliphatic carbocycles. The van der Waals surface area contributed by atoms with Gasteiger partial charge in [0.2, 0.25) is 0 Å². The fourth-order valence-corrected chi connectivity index (χ4v) is 4.15. The molecule has 3 heterocycles. The number of H-pyrrole nitrogens is 2. The lowest BCUT2D eigenvalue weighted by Gasteiger charge is -2.29. The molecular formula is C15H17BrN4O. The number of aromatic amines is 2. The Morgan fingerprint density at radius 1 is 1.38 bits per heavy atom. The van der Waals surface area contributed by atoms with Crippen LogP contribution in [-0.4, -0.2) is 19.5 Å². The van der Waals surface area contributed by atoms with Crippen LogP contribution < -0.4 is 5.69 Å². The van der Waals surface area contributed by atoms with Crippen LogP contribution in [0.4, 0.5) is 0 Å². The summed E-state index contributed by atoms with van der Waals surface area (Å²) >= 11 is 3.57. The quantitative estimate of drug-likeness (QED) is 0.703. The molecule has 2 atom stereocenters. The second-order valence-corrected chi connectivity index (χ2v) is 6.86. The Balaban J connectivity index is 2.07. The molecule has 1 aliphatic rings. The average Bonchev–Trinajstić information content (AvgIpc) is 2.99. The van der Waals surface area contributed by atoms with E-state index in [9.17, 15) is 4.79 Å². The lowest BCUT2D eigenvalue weighted by molar-refractivity contribution is 0.258. The molecule has 5 nitrogen and oxygen atoms in total. The molecule has 0 spiro atoms. The lowest BCUT2D eigenvalue weighted by Crippen LogP contribution is -2.29. The zero-order valence-corrected chi connectivity index (χ0v) is 13.4. The summed E-state index contributed by atoms with van der Waals surface area (Å²) in [7, 11) is 0. The van der Waals surface area contributed by atoms with Crippen LogP contribution in [0, 0.1) is 5.92 Å². The summed E-state index contributed by atoms with van der Waals surface area (Å²) in [4.78, 5) is 23.0. The van der Waals surface area contributed by atoms with E-state index in [1.807, 2.05) is 10.8 Å². The predicted molar refractivity (Wildman–Crippen MR) is 86.6 cm³/mol. The van der Waals surface area contributed by atoms with E-state index in [1.54, 1.807) is 6.20 Å². The summed E-state index contributed by atoms with van der Waals surface area (Å²) < 4.78 is 2.91. The Morgan fingerprint density at radius 3 is 3.00 bits per heavy atom. The first-order chi connectivity index (χ1) is 10.2. The number of halogens is 1. The van der Waals surface area contributed by atoms with Gasteiger partial charge >= 0.3 is 5.69 Å². The Hall–Kier alpha value is -1.56. The van der Waals surface area contributed by atoms with E-state index in [0.717, 1.165) is 33.0 Å². The summed E-state index contributed by atoms with van der Waals surface area (Å²) in [5, 5.41) is 0.989. The SMILES string of the molecule is C[C@@H]1CCCC[C@@H]1n1c(=O)[nH]c2cnc3[nH]cc(Br)c3c21. The molecule has 0 aliphatic heterocycles. The van der Waals surface area contributed by atoms with Gasteiger partial charge in [0, 0.05) is 16.7 Å². The molecule has 6 heteroatoms. The maximum Gasteiger partial charge on any atom is 0.326 e. The van der Waals surface area contributed by atoms with Gasteiger partial charge in [-0.15, -0.1) is 0 Å². The second kappa shape index (κ2) is 4.73. The van der Waals surface area contributed by atoms with E-state index in [1.165, 1.54) is 19.3 Å². The Kier molecular flexibility index (Phi) is 2.96. The normalized spacial score (nSPS) is 23.1. The van der Waals surface area contributed by atoms with Crippen molar-refractivity contribution in [2.24, 2.45) is 5.92 Å². The van der Waals surface area contributed by atoms with Gasteiger partial charge in [0.15, 0.2) is 0 Å². The van der Waals surface area contributed by atoms with Crippen LogP contribution in [0.5, 0.6) is 0 Å². The van der Waals surface area contributed by atoms with E-state index >= 15 is 0 Å². The van der Waals surface area contributed by atoms with Crippen LogP contribution in [0.3, 0.4) is 0 Å². The van der Waals surface area contributed by atoms with Gasteiger partial charge in [0.25, 0.3) is 0 Å². The predicted octanol–water partition coefficient (Wildman–Crippen LogP) is 3.72. The van der Waals surface area contributed by atoms with Crippen molar-refractivity contribution in [2.75, 3.05) is 0 Å². The fourth-order valence-electron chi connectivity index (χ4n) is 3.66. The van der Waals surface area contributed by atoms with Gasteiger partial charge in [-0.05, 0) is 34.7 Å². The monoisotopic (exact) mass is 348 g/mol. The molecule has 0 amide bonds. The number of imidazole rings is 1. The molecule has 3 aromatic heterocycles.